The highest BCUT2D eigenvalue weighted by Gasteiger charge is 2.28. The van der Waals surface area contributed by atoms with Crippen LogP contribution in [0.15, 0.2) is 18.2 Å². The van der Waals surface area contributed by atoms with Gasteiger partial charge in [0.05, 0.1) is 0 Å². The average Bonchev–Trinajstić information content (AvgIpc) is 2.69. The Labute approximate surface area is 183 Å². The van der Waals surface area contributed by atoms with Gasteiger partial charge in [0.25, 0.3) is 0 Å². The molecule has 0 aliphatic carbocycles. The van der Waals surface area contributed by atoms with Gasteiger partial charge >= 0.3 is 0 Å². The lowest BCUT2D eigenvalue weighted by Gasteiger charge is -2.37. The van der Waals surface area contributed by atoms with Crippen LogP contribution in [0.25, 0.3) is 0 Å². The number of anilines is 4. The van der Waals surface area contributed by atoms with Crippen LogP contribution in [0.4, 0.5) is 23.5 Å². The molecule has 2 aliphatic rings. The Morgan fingerprint density at radius 2 is 1.23 bits per heavy atom. The Morgan fingerprint density at radius 3 is 1.68 bits per heavy atom. The number of aryl methyl sites for hydroxylation is 2. The van der Waals surface area contributed by atoms with E-state index in [-0.39, 0.29) is 24.2 Å². The Bertz CT molecular complexity index is 855. The SMILES string of the molecule is Cc1ccc(Nc2nc(N3CC(N)CC(N)C3)nc(N3CC(N)CC(N)C3)n2)cc1C. The van der Waals surface area contributed by atoms with Crippen LogP contribution in [0.1, 0.15) is 24.0 Å². The average molecular weight is 427 g/mol. The number of nitrogens with two attached hydrogens (primary N) is 4. The van der Waals surface area contributed by atoms with Crippen LogP contribution < -0.4 is 38.1 Å². The van der Waals surface area contributed by atoms with Crippen LogP contribution >= 0.6 is 0 Å². The molecular weight excluding hydrogens is 392 g/mol. The number of nitrogens with zero attached hydrogens (tertiary/aromatic N) is 5. The van der Waals surface area contributed by atoms with E-state index in [4.69, 9.17) is 37.9 Å². The van der Waals surface area contributed by atoms with E-state index in [2.05, 4.69) is 31.3 Å². The monoisotopic (exact) mass is 426 g/mol. The topological polar surface area (TPSA) is 161 Å². The predicted molar refractivity (Wildman–Crippen MR) is 125 cm³/mol. The van der Waals surface area contributed by atoms with Crippen LogP contribution in [-0.2, 0) is 0 Å². The van der Waals surface area contributed by atoms with E-state index in [1.165, 1.54) is 11.1 Å². The summed E-state index contributed by atoms with van der Waals surface area (Å²) in [4.78, 5) is 18.2. The molecule has 31 heavy (non-hydrogen) atoms. The molecule has 2 aliphatic heterocycles. The molecule has 1 aromatic heterocycles. The molecule has 4 unspecified atom stereocenters. The van der Waals surface area contributed by atoms with Gasteiger partial charge in [0.2, 0.25) is 17.8 Å². The first-order valence-electron chi connectivity index (χ1n) is 10.9. The smallest absolute Gasteiger partial charge is 0.233 e. The van der Waals surface area contributed by atoms with Crippen molar-refractivity contribution in [2.24, 2.45) is 22.9 Å². The van der Waals surface area contributed by atoms with Crippen LogP contribution in [0.5, 0.6) is 0 Å². The van der Waals surface area contributed by atoms with Crippen molar-refractivity contribution in [2.45, 2.75) is 50.9 Å². The number of aromatic nitrogens is 3. The molecule has 2 fully saturated rings. The predicted octanol–water partition coefficient (Wildman–Crippen LogP) is -0.0386. The van der Waals surface area contributed by atoms with Crippen LogP contribution in [-0.4, -0.2) is 65.3 Å². The third-order valence-electron chi connectivity index (χ3n) is 5.97. The molecule has 2 saturated heterocycles. The number of hydrogen-bond acceptors (Lipinski definition) is 10. The summed E-state index contributed by atoms with van der Waals surface area (Å²) in [5.41, 5.74) is 28.2. The van der Waals surface area contributed by atoms with Gasteiger partial charge in [-0.1, -0.05) is 6.07 Å². The van der Waals surface area contributed by atoms with Crippen molar-refractivity contribution in [1.82, 2.24) is 15.0 Å². The van der Waals surface area contributed by atoms with Crippen LogP contribution in [0, 0.1) is 13.8 Å². The lowest BCUT2D eigenvalue weighted by atomic mass is 10.0. The lowest BCUT2D eigenvalue weighted by Crippen LogP contribution is -2.54. The zero-order chi connectivity index (χ0) is 22.1. The number of nitrogens with one attached hydrogen (secondary N) is 1. The highest BCUT2D eigenvalue weighted by atomic mass is 15.4. The molecule has 9 N–H and O–H groups in total. The summed E-state index contributed by atoms with van der Waals surface area (Å²) in [6, 6.07) is 6.11. The molecule has 0 radical (unpaired) electrons. The van der Waals surface area contributed by atoms with E-state index in [1.807, 2.05) is 15.9 Å². The largest absolute Gasteiger partial charge is 0.338 e. The minimum Gasteiger partial charge on any atom is -0.338 e. The zero-order valence-corrected chi connectivity index (χ0v) is 18.3. The Morgan fingerprint density at radius 1 is 0.742 bits per heavy atom. The van der Waals surface area contributed by atoms with Gasteiger partial charge in [-0.25, -0.2) is 0 Å². The first kappa shape index (κ1) is 21.7. The molecule has 0 saturated carbocycles. The Balaban J connectivity index is 1.68. The second kappa shape index (κ2) is 8.91. The molecule has 3 heterocycles. The third kappa shape index (κ3) is 5.21. The van der Waals surface area contributed by atoms with Crippen molar-refractivity contribution in [1.29, 1.82) is 0 Å². The van der Waals surface area contributed by atoms with Crippen LogP contribution in [0.2, 0.25) is 0 Å². The van der Waals surface area contributed by atoms with E-state index >= 15 is 0 Å². The second-order valence-corrected chi connectivity index (χ2v) is 9.00. The molecule has 10 heteroatoms. The van der Waals surface area contributed by atoms with E-state index in [9.17, 15) is 0 Å². The summed E-state index contributed by atoms with van der Waals surface area (Å²) in [5.74, 6) is 1.60. The molecule has 4 atom stereocenters. The van der Waals surface area contributed by atoms with Gasteiger partial charge in [0, 0.05) is 56.0 Å². The molecule has 4 rings (SSSR count). The maximum absolute atomic E-state index is 6.21. The van der Waals surface area contributed by atoms with Crippen molar-refractivity contribution >= 4 is 23.5 Å². The van der Waals surface area contributed by atoms with Crippen LogP contribution in [0.3, 0.4) is 0 Å². The highest BCUT2D eigenvalue weighted by molar-refractivity contribution is 5.58. The summed E-state index contributed by atoms with van der Waals surface area (Å²) in [7, 11) is 0. The van der Waals surface area contributed by atoms with Crippen molar-refractivity contribution in [3.8, 4) is 0 Å². The number of benzene rings is 1. The van der Waals surface area contributed by atoms with E-state index < -0.39 is 0 Å². The molecular formula is C21H34N10. The quantitative estimate of drug-likeness (QED) is 0.448. The van der Waals surface area contributed by atoms with Gasteiger partial charge < -0.3 is 38.1 Å². The van der Waals surface area contributed by atoms with E-state index in [1.54, 1.807) is 0 Å². The maximum Gasteiger partial charge on any atom is 0.233 e. The fourth-order valence-electron chi connectivity index (χ4n) is 4.32. The van der Waals surface area contributed by atoms with Gasteiger partial charge in [-0.15, -0.1) is 0 Å². The summed E-state index contributed by atoms with van der Waals surface area (Å²) < 4.78 is 0. The standard InChI is InChI=1S/C21H34N10/c1-12-3-4-18(5-13(12)2)26-19-27-20(30-8-14(22)6-15(23)9-30)29-21(28-19)31-10-16(24)7-17(25)11-31/h3-5,14-17H,6-11,22-25H2,1-2H3,(H,26,27,28,29). The Kier molecular flexibility index (Phi) is 6.24. The van der Waals surface area contributed by atoms with Crippen molar-refractivity contribution < 1.29 is 0 Å². The van der Waals surface area contributed by atoms with E-state index in [0.29, 0.717) is 44.0 Å². The molecule has 0 amide bonds. The molecule has 1 aromatic carbocycles. The number of hydrogen-bond donors (Lipinski definition) is 5. The first-order valence-corrected chi connectivity index (χ1v) is 10.9. The molecule has 2 aromatic rings. The fourth-order valence-corrected chi connectivity index (χ4v) is 4.32. The molecule has 0 spiro atoms. The van der Waals surface area contributed by atoms with Gasteiger partial charge in [-0.3, -0.25) is 0 Å². The van der Waals surface area contributed by atoms with E-state index in [0.717, 1.165) is 18.5 Å². The maximum atomic E-state index is 6.21. The first-order chi connectivity index (χ1) is 14.8. The summed E-state index contributed by atoms with van der Waals surface area (Å²) in [5, 5.41) is 3.34. The highest BCUT2D eigenvalue weighted by Crippen LogP contribution is 2.24. The molecule has 0 bridgehead atoms. The Hall–Kier alpha value is -2.53. The summed E-state index contributed by atoms with van der Waals surface area (Å²) >= 11 is 0. The van der Waals surface area contributed by atoms with Gasteiger partial charge in [-0.05, 0) is 49.9 Å². The van der Waals surface area contributed by atoms with Gasteiger partial charge in [0.1, 0.15) is 0 Å². The molecule has 10 nitrogen and oxygen atoms in total. The molecule has 168 valence electrons. The van der Waals surface area contributed by atoms with Gasteiger partial charge in [0.15, 0.2) is 0 Å². The second-order valence-electron chi connectivity index (χ2n) is 9.00. The minimum absolute atomic E-state index is 0.0167. The van der Waals surface area contributed by atoms with Crippen molar-refractivity contribution in [3.05, 3.63) is 29.3 Å². The normalized spacial score (nSPS) is 26.8. The lowest BCUT2D eigenvalue weighted by molar-refractivity contribution is 0.441. The fraction of sp³-hybridized carbons (Fsp3) is 0.571. The minimum atomic E-state index is -0.0167. The van der Waals surface area contributed by atoms with Gasteiger partial charge in [-0.2, -0.15) is 15.0 Å². The van der Waals surface area contributed by atoms with Crippen molar-refractivity contribution in [2.75, 3.05) is 41.3 Å². The number of piperidine rings is 2. The third-order valence-corrected chi connectivity index (χ3v) is 5.97. The van der Waals surface area contributed by atoms with Crippen molar-refractivity contribution in [3.63, 3.8) is 0 Å². The number of rotatable bonds is 4. The summed E-state index contributed by atoms with van der Waals surface area (Å²) in [6.45, 7) is 6.78. The zero-order valence-electron chi connectivity index (χ0n) is 18.3. The summed E-state index contributed by atoms with van der Waals surface area (Å²) in [6.07, 6.45) is 1.58.